The number of nitrogens with zero attached hydrogens (tertiary/aromatic N) is 2. The lowest BCUT2D eigenvalue weighted by molar-refractivity contribution is -0.144. The van der Waals surface area contributed by atoms with Crippen LogP contribution in [0.15, 0.2) is 12.1 Å². The van der Waals surface area contributed by atoms with Gasteiger partial charge in [-0.1, -0.05) is 0 Å². The standard InChI is InChI=1S/C13H12F3N3O4/c1-22-8-3-6-7(4-9(8)23-2)18-12(13(14,15)16)19-11(6)17-5-10(20)21/h3-4H,5H2,1-2H3,(H,20,21)(H,17,18,19). The van der Waals surface area contributed by atoms with Crippen LogP contribution < -0.4 is 14.8 Å². The van der Waals surface area contributed by atoms with Gasteiger partial charge in [0.15, 0.2) is 11.5 Å². The fourth-order valence-corrected chi connectivity index (χ4v) is 1.88. The minimum Gasteiger partial charge on any atom is -0.493 e. The number of methoxy groups -OCH3 is 2. The van der Waals surface area contributed by atoms with E-state index in [1.54, 1.807) is 0 Å². The van der Waals surface area contributed by atoms with E-state index in [9.17, 15) is 18.0 Å². The van der Waals surface area contributed by atoms with Crippen LogP contribution in [-0.4, -0.2) is 41.8 Å². The van der Waals surface area contributed by atoms with E-state index >= 15 is 0 Å². The zero-order valence-electron chi connectivity index (χ0n) is 12.1. The number of fused-ring (bicyclic) bond motifs is 1. The zero-order chi connectivity index (χ0) is 17.2. The Morgan fingerprint density at radius 2 is 1.83 bits per heavy atom. The molecule has 10 heteroatoms. The van der Waals surface area contributed by atoms with Crippen LogP contribution in [0, 0.1) is 0 Å². The average Bonchev–Trinajstić information content (AvgIpc) is 2.49. The van der Waals surface area contributed by atoms with E-state index in [4.69, 9.17) is 14.6 Å². The van der Waals surface area contributed by atoms with Gasteiger partial charge < -0.3 is 19.9 Å². The summed E-state index contributed by atoms with van der Waals surface area (Å²) in [5.41, 5.74) is -0.0575. The smallest absolute Gasteiger partial charge is 0.451 e. The third-order valence-electron chi connectivity index (χ3n) is 2.86. The molecule has 0 saturated heterocycles. The molecular formula is C13H12F3N3O4. The van der Waals surface area contributed by atoms with Crippen molar-refractivity contribution >= 4 is 22.7 Å². The van der Waals surface area contributed by atoms with E-state index < -0.39 is 24.5 Å². The Morgan fingerprint density at radius 1 is 1.22 bits per heavy atom. The molecule has 1 aromatic heterocycles. The molecular weight excluding hydrogens is 319 g/mol. The lowest BCUT2D eigenvalue weighted by Crippen LogP contribution is -2.17. The second-order valence-corrected chi connectivity index (χ2v) is 4.37. The maximum Gasteiger partial charge on any atom is 0.451 e. The summed E-state index contributed by atoms with van der Waals surface area (Å²) in [6, 6.07) is 2.63. The van der Waals surface area contributed by atoms with Crippen molar-refractivity contribution in [3.63, 3.8) is 0 Å². The van der Waals surface area contributed by atoms with Gasteiger partial charge in [0.2, 0.25) is 5.82 Å². The summed E-state index contributed by atoms with van der Waals surface area (Å²) < 4.78 is 48.8. The molecule has 2 aromatic rings. The van der Waals surface area contributed by atoms with E-state index in [-0.39, 0.29) is 28.2 Å². The number of anilines is 1. The lowest BCUT2D eigenvalue weighted by Gasteiger charge is -2.14. The second kappa shape index (κ2) is 6.15. The highest BCUT2D eigenvalue weighted by molar-refractivity contribution is 5.92. The largest absolute Gasteiger partial charge is 0.493 e. The number of rotatable bonds is 5. The van der Waals surface area contributed by atoms with Crippen molar-refractivity contribution in [3.05, 3.63) is 18.0 Å². The van der Waals surface area contributed by atoms with E-state index in [0.717, 1.165) is 0 Å². The molecule has 0 aliphatic rings. The number of hydrogen-bond acceptors (Lipinski definition) is 6. The van der Waals surface area contributed by atoms with E-state index in [0.29, 0.717) is 0 Å². The number of carboxylic acids is 1. The van der Waals surface area contributed by atoms with Crippen molar-refractivity contribution in [2.45, 2.75) is 6.18 Å². The number of hydrogen-bond donors (Lipinski definition) is 2. The Labute approximate surface area is 128 Å². The van der Waals surface area contributed by atoms with Crippen LogP contribution in [-0.2, 0) is 11.0 Å². The highest BCUT2D eigenvalue weighted by Gasteiger charge is 2.35. The molecule has 0 aliphatic carbocycles. The summed E-state index contributed by atoms with van der Waals surface area (Å²) in [6.45, 7) is -0.599. The molecule has 2 N–H and O–H groups in total. The molecule has 7 nitrogen and oxygen atoms in total. The van der Waals surface area contributed by atoms with Crippen LogP contribution in [0.5, 0.6) is 11.5 Å². The molecule has 0 spiro atoms. The van der Waals surface area contributed by atoms with Gasteiger partial charge >= 0.3 is 12.1 Å². The van der Waals surface area contributed by atoms with Crippen LogP contribution in [0.25, 0.3) is 10.9 Å². The van der Waals surface area contributed by atoms with Crippen LogP contribution in [0.2, 0.25) is 0 Å². The van der Waals surface area contributed by atoms with Gasteiger partial charge in [-0.3, -0.25) is 4.79 Å². The molecule has 0 bridgehead atoms. The summed E-state index contributed by atoms with van der Waals surface area (Å²) in [5.74, 6) is -2.45. The normalized spacial score (nSPS) is 11.3. The van der Waals surface area contributed by atoms with E-state index in [2.05, 4.69) is 15.3 Å². The van der Waals surface area contributed by atoms with Crippen molar-refractivity contribution < 1.29 is 32.5 Å². The number of halogens is 3. The molecule has 1 aromatic carbocycles. The summed E-state index contributed by atoms with van der Waals surface area (Å²) in [6.07, 6.45) is -4.78. The highest BCUT2D eigenvalue weighted by Crippen LogP contribution is 2.36. The Hall–Kier alpha value is -2.78. The molecule has 0 aliphatic heterocycles. The maximum absolute atomic E-state index is 12.9. The number of nitrogens with one attached hydrogen (secondary N) is 1. The van der Waals surface area contributed by atoms with Gasteiger partial charge in [0.05, 0.1) is 19.7 Å². The molecule has 2 rings (SSSR count). The second-order valence-electron chi connectivity index (χ2n) is 4.37. The minimum absolute atomic E-state index is 0.0575. The first-order valence-corrected chi connectivity index (χ1v) is 6.23. The van der Waals surface area contributed by atoms with Gasteiger partial charge in [0, 0.05) is 11.5 Å². The SMILES string of the molecule is COc1cc2nc(C(F)(F)F)nc(NCC(=O)O)c2cc1OC. The topological polar surface area (TPSA) is 93.6 Å². The fraction of sp³-hybridized carbons (Fsp3) is 0.308. The summed E-state index contributed by atoms with van der Waals surface area (Å²) in [5, 5.41) is 11.2. The molecule has 124 valence electrons. The van der Waals surface area contributed by atoms with E-state index in [1.165, 1.54) is 26.4 Å². The Kier molecular flexibility index (Phi) is 4.43. The predicted molar refractivity (Wildman–Crippen MR) is 73.8 cm³/mol. The number of alkyl halides is 3. The molecule has 1 heterocycles. The highest BCUT2D eigenvalue weighted by atomic mass is 19.4. The van der Waals surface area contributed by atoms with Crippen molar-refractivity contribution in [2.24, 2.45) is 0 Å². The van der Waals surface area contributed by atoms with Gasteiger partial charge in [-0.2, -0.15) is 13.2 Å². The number of aromatic nitrogens is 2. The summed E-state index contributed by atoms with van der Waals surface area (Å²) >= 11 is 0. The monoisotopic (exact) mass is 331 g/mol. The molecule has 0 saturated carbocycles. The van der Waals surface area contributed by atoms with Crippen molar-refractivity contribution in [3.8, 4) is 11.5 Å². The Bertz CT molecular complexity index is 749. The Morgan fingerprint density at radius 3 is 2.35 bits per heavy atom. The number of aliphatic carboxylic acids is 1. The van der Waals surface area contributed by atoms with Crippen LogP contribution in [0.1, 0.15) is 5.82 Å². The number of carboxylic acid groups (broad SMARTS) is 1. The Balaban J connectivity index is 2.69. The van der Waals surface area contributed by atoms with Crippen molar-refractivity contribution in [2.75, 3.05) is 26.1 Å². The molecule has 23 heavy (non-hydrogen) atoms. The van der Waals surface area contributed by atoms with Crippen molar-refractivity contribution in [1.82, 2.24) is 9.97 Å². The van der Waals surface area contributed by atoms with Gasteiger partial charge in [-0.05, 0) is 6.07 Å². The van der Waals surface area contributed by atoms with Gasteiger partial charge in [-0.15, -0.1) is 0 Å². The lowest BCUT2D eigenvalue weighted by atomic mass is 10.2. The quantitative estimate of drug-likeness (QED) is 0.867. The number of ether oxygens (including phenoxy) is 2. The third kappa shape index (κ3) is 3.52. The molecule has 0 fully saturated rings. The first-order valence-electron chi connectivity index (χ1n) is 6.23. The van der Waals surface area contributed by atoms with Crippen LogP contribution in [0.4, 0.5) is 19.0 Å². The van der Waals surface area contributed by atoms with Gasteiger partial charge in [0.1, 0.15) is 12.4 Å². The summed E-state index contributed by atoms with van der Waals surface area (Å²) in [7, 11) is 2.69. The maximum atomic E-state index is 12.9. The predicted octanol–water partition coefficient (Wildman–Crippen LogP) is 2.16. The summed E-state index contributed by atoms with van der Waals surface area (Å²) in [4.78, 5) is 17.5. The third-order valence-corrected chi connectivity index (χ3v) is 2.86. The van der Waals surface area contributed by atoms with Gasteiger partial charge in [-0.25, -0.2) is 9.97 Å². The minimum atomic E-state index is -4.78. The molecule has 0 amide bonds. The van der Waals surface area contributed by atoms with E-state index in [1.807, 2.05) is 0 Å². The van der Waals surface area contributed by atoms with Crippen LogP contribution >= 0.6 is 0 Å². The molecule has 0 radical (unpaired) electrons. The number of carbonyl (C=O) groups is 1. The van der Waals surface area contributed by atoms with Gasteiger partial charge in [0.25, 0.3) is 0 Å². The molecule has 0 unspecified atom stereocenters. The zero-order valence-corrected chi connectivity index (χ0v) is 12.1. The number of benzene rings is 1. The first-order chi connectivity index (χ1) is 10.8. The molecule has 0 atom stereocenters. The van der Waals surface area contributed by atoms with Crippen molar-refractivity contribution in [1.29, 1.82) is 0 Å². The first kappa shape index (κ1) is 16.6. The average molecular weight is 331 g/mol. The fourth-order valence-electron chi connectivity index (χ4n) is 1.88. The van der Waals surface area contributed by atoms with Crippen LogP contribution in [0.3, 0.4) is 0 Å².